The van der Waals surface area contributed by atoms with Gasteiger partial charge in [0, 0.05) is 25.7 Å². The van der Waals surface area contributed by atoms with Crippen LogP contribution < -0.4 is 10.5 Å². The number of hydrogen-bond donors (Lipinski definition) is 0. The first-order valence-corrected chi connectivity index (χ1v) is 10.5. The van der Waals surface area contributed by atoms with E-state index in [2.05, 4.69) is 9.30 Å². The summed E-state index contributed by atoms with van der Waals surface area (Å²) in [6.07, 6.45) is 0. The van der Waals surface area contributed by atoms with Gasteiger partial charge in [0.1, 0.15) is 11.0 Å². The first kappa shape index (κ1) is 20.7. The normalized spacial score (nSPS) is 17.2. The van der Waals surface area contributed by atoms with E-state index in [9.17, 15) is 9.00 Å². The van der Waals surface area contributed by atoms with E-state index >= 15 is 0 Å². The highest BCUT2D eigenvalue weighted by Crippen LogP contribution is 2.22. The standard InChI is InChI=1S/C20H28N4O3S/c1-13-11-15(14(2)22-28(26)20(3,4)5)17-16(12-13)18(25)23(6)19(21-17)24-7-9-27-10-8-24/h11-12H,7-10H2,1-6H3/t28-/m1/s1. The van der Waals surface area contributed by atoms with Crippen molar-refractivity contribution < 1.29 is 8.95 Å². The van der Waals surface area contributed by atoms with Crippen molar-refractivity contribution in [2.75, 3.05) is 31.2 Å². The smallest absolute Gasteiger partial charge is 0.262 e. The lowest BCUT2D eigenvalue weighted by atomic mass is 10.0. The molecular weight excluding hydrogens is 376 g/mol. The van der Waals surface area contributed by atoms with Gasteiger partial charge in [-0.15, -0.1) is 0 Å². The molecule has 152 valence electrons. The fraction of sp³-hybridized carbons (Fsp3) is 0.550. The van der Waals surface area contributed by atoms with E-state index < -0.39 is 15.7 Å². The molecule has 3 rings (SSSR count). The largest absolute Gasteiger partial charge is 0.378 e. The second-order valence-electron chi connectivity index (χ2n) is 8.12. The Hall–Kier alpha value is -2.06. The zero-order valence-electron chi connectivity index (χ0n) is 17.4. The van der Waals surface area contributed by atoms with Gasteiger partial charge in [0.2, 0.25) is 5.95 Å². The molecule has 0 aliphatic carbocycles. The molecule has 0 radical (unpaired) electrons. The SMILES string of the molecule is CC(=N[S@](=O)C(C)(C)C)c1cc(C)cc2c(=O)n(C)c(N3CCOCC3)nc12. The van der Waals surface area contributed by atoms with Crippen LogP contribution in [0.1, 0.15) is 38.8 Å². The molecule has 1 aliphatic heterocycles. The van der Waals surface area contributed by atoms with E-state index in [1.807, 2.05) is 46.8 Å². The number of rotatable bonds is 3. The van der Waals surface area contributed by atoms with Crippen LogP contribution in [0.4, 0.5) is 5.95 Å². The fourth-order valence-electron chi connectivity index (χ4n) is 3.14. The van der Waals surface area contributed by atoms with Gasteiger partial charge in [-0.3, -0.25) is 9.36 Å². The van der Waals surface area contributed by atoms with Crippen molar-refractivity contribution in [3.05, 3.63) is 33.6 Å². The Morgan fingerprint density at radius 3 is 2.50 bits per heavy atom. The summed E-state index contributed by atoms with van der Waals surface area (Å²) in [5.41, 5.74) is 2.82. The maximum atomic E-state index is 13.1. The van der Waals surface area contributed by atoms with Crippen molar-refractivity contribution in [1.82, 2.24) is 9.55 Å². The van der Waals surface area contributed by atoms with E-state index in [4.69, 9.17) is 9.72 Å². The molecule has 0 unspecified atom stereocenters. The molecule has 0 saturated carbocycles. The minimum atomic E-state index is -1.39. The second-order valence-corrected chi connectivity index (χ2v) is 10.0. The van der Waals surface area contributed by atoms with Gasteiger partial charge in [0.05, 0.1) is 34.6 Å². The van der Waals surface area contributed by atoms with Crippen LogP contribution in [0.25, 0.3) is 10.9 Å². The van der Waals surface area contributed by atoms with Gasteiger partial charge in [-0.25, -0.2) is 9.19 Å². The molecule has 1 saturated heterocycles. The van der Waals surface area contributed by atoms with Crippen molar-refractivity contribution in [3.8, 4) is 0 Å². The highest BCUT2D eigenvalue weighted by Gasteiger charge is 2.22. The number of aryl methyl sites for hydroxylation is 1. The van der Waals surface area contributed by atoms with Crippen molar-refractivity contribution in [2.45, 2.75) is 39.4 Å². The minimum absolute atomic E-state index is 0.0961. The van der Waals surface area contributed by atoms with E-state index in [1.165, 1.54) is 0 Å². The average molecular weight is 405 g/mol. The van der Waals surface area contributed by atoms with Crippen LogP contribution in [0.3, 0.4) is 0 Å². The quantitative estimate of drug-likeness (QED) is 0.734. The summed E-state index contributed by atoms with van der Waals surface area (Å²) in [5.74, 6) is 0.621. The molecule has 2 heterocycles. The molecule has 0 amide bonds. The number of anilines is 1. The number of fused-ring (bicyclic) bond motifs is 1. The Bertz CT molecular complexity index is 1010. The second kappa shape index (κ2) is 7.75. The van der Waals surface area contributed by atoms with Crippen LogP contribution in [0.5, 0.6) is 0 Å². The molecule has 0 spiro atoms. The lowest BCUT2D eigenvalue weighted by Gasteiger charge is -2.29. The zero-order chi connectivity index (χ0) is 20.6. The van der Waals surface area contributed by atoms with Gasteiger partial charge in [-0.2, -0.15) is 4.40 Å². The molecule has 1 atom stereocenters. The first-order chi connectivity index (χ1) is 13.1. The molecule has 0 N–H and O–H groups in total. The summed E-state index contributed by atoms with van der Waals surface area (Å²) in [5, 5.41) is 0.547. The number of nitrogens with zero attached hydrogens (tertiary/aromatic N) is 4. The molecule has 28 heavy (non-hydrogen) atoms. The van der Waals surface area contributed by atoms with E-state index in [0.29, 0.717) is 48.9 Å². The molecule has 7 nitrogen and oxygen atoms in total. The maximum absolute atomic E-state index is 13.1. The molecular formula is C20H28N4O3S. The Labute approximate surface area is 168 Å². The molecule has 0 bridgehead atoms. The highest BCUT2D eigenvalue weighted by molar-refractivity contribution is 7.85. The molecule has 1 aliphatic rings. The fourth-order valence-corrected chi connectivity index (χ4v) is 3.76. The number of aromatic nitrogens is 2. The maximum Gasteiger partial charge on any atom is 0.262 e. The summed E-state index contributed by atoms with van der Waals surface area (Å²) in [4.78, 5) is 20.0. The van der Waals surface area contributed by atoms with Crippen LogP contribution in [0.2, 0.25) is 0 Å². The molecule has 2 aromatic rings. The third kappa shape index (κ3) is 4.03. The van der Waals surface area contributed by atoms with Crippen LogP contribution in [-0.2, 0) is 22.8 Å². The monoisotopic (exact) mass is 404 g/mol. The van der Waals surface area contributed by atoms with E-state index in [-0.39, 0.29) is 5.56 Å². The number of benzene rings is 1. The van der Waals surface area contributed by atoms with Crippen LogP contribution in [0, 0.1) is 6.92 Å². The highest BCUT2D eigenvalue weighted by atomic mass is 32.2. The Balaban J connectivity index is 2.23. The van der Waals surface area contributed by atoms with Gasteiger partial charge in [-0.05, 0) is 52.3 Å². The first-order valence-electron chi connectivity index (χ1n) is 9.41. The third-order valence-corrected chi connectivity index (χ3v) is 6.22. The third-order valence-electron chi connectivity index (χ3n) is 4.73. The van der Waals surface area contributed by atoms with Gasteiger partial charge < -0.3 is 9.64 Å². The summed E-state index contributed by atoms with van der Waals surface area (Å²) in [6, 6.07) is 3.81. The average Bonchev–Trinajstić information content (AvgIpc) is 2.64. The van der Waals surface area contributed by atoms with Gasteiger partial charge in [-0.1, -0.05) is 0 Å². The molecule has 1 fully saturated rings. The lowest BCUT2D eigenvalue weighted by Crippen LogP contribution is -2.40. The minimum Gasteiger partial charge on any atom is -0.378 e. The summed E-state index contributed by atoms with van der Waals surface area (Å²) >= 11 is 0. The van der Waals surface area contributed by atoms with Crippen LogP contribution in [-0.4, -0.2) is 50.5 Å². The van der Waals surface area contributed by atoms with Gasteiger partial charge >= 0.3 is 0 Å². The van der Waals surface area contributed by atoms with Gasteiger partial charge in [0.25, 0.3) is 5.56 Å². The Morgan fingerprint density at radius 1 is 1.25 bits per heavy atom. The summed E-state index contributed by atoms with van der Waals surface area (Å²) in [6.45, 7) is 12.0. The zero-order valence-corrected chi connectivity index (χ0v) is 18.2. The van der Waals surface area contributed by atoms with Crippen LogP contribution in [0.15, 0.2) is 21.3 Å². The summed E-state index contributed by atoms with van der Waals surface area (Å²) < 4.78 is 23.5. The Morgan fingerprint density at radius 2 is 1.89 bits per heavy atom. The van der Waals surface area contributed by atoms with E-state index in [1.54, 1.807) is 11.6 Å². The van der Waals surface area contributed by atoms with Crippen molar-refractivity contribution >= 4 is 33.5 Å². The topological polar surface area (TPSA) is 76.8 Å². The predicted molar refractivity (Wildman–Crippen MR) is 115 cm³/mol. The van der Waals surface area contributed by atoms with Crippen molar-refractivity contribution in [1.29, 1.82) is 0 Å². The van der Waals surface area contributed by atoms with Crippen molar-refractivity contribution in [2.24, 2.45) is 11.4 Å². The van der Waals surface area contributed by atoms with Crippen molar-refractivity contribution in [3.63, 3.8) is 0 Å². The molecule has 8 heteroatoms. The molecule has 1 aromatic carbocycles. The number of ether oxygens (including phenoxy) is 1. The predicted octanol–water partition coefficient (Wildman–Crippen LogP) is 2.35. The van der Waals surface area contributed by atoms with E-state index in [0.717, 1.165) is 11.1 Å². The number of hydrogen-bond acceptors (Lipinski definition) is 5. The lowest BCUT2D eigenvalue weighted by molar-refractivity contribution is 0.121. The molecule has 1 aromatic heterocycles. The van der Waals surface area contributed by atoms with Crippen LogP contribution >= 0.6 is 0 Å². The summed E-state index contributed by atoms with van der Waals surface area (Å²) in [7, 11) is 0.360. The Kier molecular flexibility index (Phi) is 5.72. The number of morpholine rings is 1. The van der Waals surface area contributed by atoms with Gasteiger partial charge in [0.15, 0.2) is 0 Å².